The van der Waals surface area contributed by atoms with Gasteiger partial charge in [-0.1, -0.05) is 35.9 Å². The van der Waals surface area contributed by atoms with Crippen LogP contribution >= 0.6 is 11.6 Å². The van der Waals surface area contributed by atoms with Gasteiger partial charge in [0.25, 0.3) is 5.56 Å². The van der Waals surface area contributed by atoms with E-state index in [1.165, 1.54) is 4.57 Å². The Kier molecular flexibility index (Phi) is 3.39. The SMILES string of the molecule is CC(c1ccc(Cl)cc1)n1c(=O)[nH]c2ccccc2c1=O. The number of nitrogens with zero attached hydrogens (tertiary/aromatic N) is 1. The molecule has 0 radical (unpaired) electrons. The number of hydrogen-bond donors (Lipinski definition) is 1. The summed E-state index contributed by atoms with van der Waals surface area (Å²) in [5.41, 5.74) is 0.687. The number of para-hydroxylation sites is 1. The predicted octanol–water partition coefficient (Wildman–Crippen LogP) is 2.95. The molecule has 0 bridgehead atoms. The zero-order chi connectivity index (χ0) is 15.0. The standard InChI is InChI=1S/C16H13ClN2O2/c1-10(11-6-8-12(17)9-7-11)19-15(20)13-4-2-3-5-14(13)18-16(19)21/h2-10H,1H3,(H,18,21). The minimum Gasteiger partial charge on any atom is -0.307 e. The lowest BCUT2D eigenvalue weighted by Gasteiger charge is -2.15. The van der Waals surface area contributed by atoms with E-state index in [1.807, 2.05) is 19.1 Å². The molecular weight excluding hydrogens is 288 g/mol. The van der Waals surface area contributed by atoms with Gasteiger partial charge in [-0.3, -0.25) is 9.36 Å². The van der Waals surface area contributed by atoms with Crippen LogP contribution in [0.1, 0.15) is 18.5 Å². The second-order valence-corrected chi connectivity index (χ2v) is 5.31. The first-order valence-corrected chi connectivity index (χ1v) is 6.95. The minimum absolute atomic E-state index is 0.295. The Labute approximate surface area is 125 Å². The van der Waals surface area contributed by atoms with Gasteiger partial charge in [0.05, 0.1) is 16.9 Å². The fourth-order valence-electron chi connectivity index (χ4n) is 2.42. The summed E-state index contributed by atoms with van der Waals surface area (Å²) < 4.78 is 1.23. The number of aromatic amines is 1. The van der Waals surface area contributed by atoms with Crippen LogP contribution in [-0.4, -0.2) is 9.55 Å². The van der Waals surface area contributed by atoms with Crippen molar-refractivity contribution in [1.29, 1.82) is 0 Å². The topological polar surface area (TPSA) is 54.9 Å². The molecule has 1 N–H and O–H groups in total. The van der Waals surface area contributed by atoms with Crippen LogP contribution in [0.2, 0.25) is 5.02 Å². The smallest absolute Gasteiger partial charge is 0.307 e. The van der Waals surface area contributed by atoms with Gasteiger partial charge in [-0.05, 0) is 36.8 Å². The molecule has 1 unspecified atom stereocenters. The third kappa shape index (κ3) is 2.38. The van der Waals surface area contributed by atoms with E-state index in [1.54, 1.807) is 36.4 Å². The highest BCUT2D eigenvalue weighted by molar-refractivity contribution is 6.30. The molecule has 4 nitrogen and oxygen atoms in total. The number of aromatic nitrogens is 2. The van der Waals surface area contributed by atoms with Crippen molar-refractivity contribution in [1.82, 2.24) is 9.55 Å². The number of rotatable bonds is 2. The molecular formula is C16H13ClN2O2. The van der Waals surface area contributed by atoms with E-state index in [2.05, 4.69) is 4.98 Å². The van der Waals surface area contributed by atoms with Gasteiger partial charge in [0.15, 0.2) is 0 Å². The maximum atomic E-state index is 12.5. The first-order valence-electron chi connectivity index (χ1n) is 6.57. The van der Waals surface area contributed by atoms with Crippen LogP contribution in [0.25, 0.3) is 10.9 Å². The van der Waals surface area contributed by atoms with Crippen LogP contribution in [0.15, 0.2) is 58.1 Å². The molecule has 1 aromatic heterocycles. The monoisotopic (exact) mass is 300 g/mol. The van der Waals surface area contributed by atoms with E-state index in [0.717, 1.165) is 5.56 Å². The van der Waals surface area contributed by atoms with Crippen LogP contribution in [0.3, 0.4) is 0 Å². The van der Waals surface area contributed by atoms with E-state index in [9.17, 15) is 9.59 Å². The maximum absolute atomic E-state index is 12.5. The van der Waals surface area contributed by atoms with Crippen molar-refractivity contribution in [3.63, 3.8) is 0 Å². The van der Waals surface area contributed by atoms with Crippen molar-refractivity contribution in [2.75, 3.05) is 0 Å². The maximum Gasteiger partial charge on any atom is 0.329 e. The number of benzene rings is 2. The Balaban J connectivity index is 2.22. The third-order valence-corrected chi connectivity index (χ3v) is 3.83. The summed E-state index contributed by atoms with van der Waals surface area (Å²) in [7, 11) is 0. The van der Waals surface area contributed by atoms with Gasteiger partial charge >= 0.3 is 5.69 Å². The van der Waals surface area contributed by atoms with Crippen molar-refractivity contribution in [2.24, 2.45) is 0 Å². The van der Waals surface area contributed by atoms with Crippen LogP contribution in [0.4, 0.5) is 0 Å². The normalized spacial score (nSPS) is 12.5. The highest BCUT2D eigenvalue weighted by atomic mass is 35.5. The number of nitrogens with one attached hydrogen (secondary N) is 1. The van der Waals surface area contributed by atoms with E-state index in [0.29, 0.717) is 15.9 Å². The zero-order valence-electron chi connectivity index (χ0n) is 11.3. The molecule has 0 amide bonds. The first kappa shape index (κ1) is 13.6. The van der Waals surface area contributed by atoms with Crippen molar-refractivity contribution in [3.05, 3.63) is 80.0 Å². The Morgan fingerprint density at radius 2 is 1.71 bits per heavy atom. The van der Waals surface area contributed by atoms with Gasteiger partial charge in [0.2, 0.25) is 0 Å². The Morgan fingerprint density at radius 3 is 2.43 bits per heavy atom. The summed E-state index contributed by atoms with van der Waals surface area (Å²) in [5, 5.41) is 1.11. The summed E-state index contributed by atoms with van der Waals surface area (Å²) in [5.74, 6) is 0. The van der Waals surface area contributed by atoms with E-state index >= 15 is 0 Å². The van der Waals surface area contributed by atoms with Gasteiger partial charge in [0.1, 0.15) is 0 Å². The van der Waals surface area contributed by atoms with Crippen molar-refractivity contribution < 1.29 is 0 Å². The average molecular weight is 301 g/mol. The van der Waals surface area contributed by atoms with Gasteiger partial charge in [-0.25, -0.2) is 4.79 Å². The molecule has 106 valence electrons. The number of hydrogen-bond acceptors (Lipinski definition) is 2. The number of fused-ring (bicyclic) bond motifs is 1. The van der Waals surface area contributed by atoms with Gasteiger partial charge in [-0.15, -0.1) is 0 Å². The molecule has 0 saturated heterocycles. The molecule has 5 heteroatoms. The third-order valence-electron chi connectivity index (χ3n) is 3.58. The molecule has 0 aliphatic heterocycles. The largest absolute Gasteiger partial charge is 0.329 e. The van der Waals surface area contributed by atoms with Gasteiger partial charge < -0.3 is 4.98 Å². The Morgan fingerprint density at radius 1 is 1.05 bits per heavy atom. The highest BCUT2D eigenvalue weighted by Crippen LogP contribution is 2.18. The summed E-state index contributed by atoms with van der Waals surface area (Å²) in [4.78, 5) is 27.5. The van der Waals surface area contributed by atoms with Gasteiger partial charge in [-0.2, -0.15) is 0 Å². The molecule has 1 atom stereocenters. The van der Waals surface area contributed by atoms with E-state index in [4.69, 9.17) is 11.6 Å². The quantitative estimate of drug-likeness (QED) is 0.791. The van der Waals surface area contributed by atoms with E-state index < -0.39 is 5.69 Å². The Hall–Kier alpha value is -2.33. The van der Waals surface area contributed by atoms with Crippen molar-refractivity contribution >= 4 is 22.5 Å². The van der Waals surface area contributed by atoms with Crippen LogP contribution < -0.4 is 11.2 Å². The lowest BCUT2D eigenvalue weighted by Crippen LogP contribution is -2.37. The molecule has 1 heterocycles. The summed E-state index contributed by atoms with van der Waals surface area (Å²) in [6, 6.07) is 13.7. The highest BCUT2D eigenvalue weighted by Gasteiger charge is 2.14. The molecule has 3 aromatic rings. The second kappa shape index (κ2) is 5.22. The fraction of sp³-hybridized carbons (Fsp3) is 0.125. The first-order chi connectivity index (χ1) is 10.1. The minimum atomic E-state index is -0.416. The number of halogens is 1. The molecule has 0 saturated carbocycles. The molecule has 3 rings (SSSR count). The molecule has 0 aliphatic rings. The molecule has 0 aliphatic carbocycles. The second-order valence-electron chi connectivity index (χ2n) is 4.88. The van der Waals surface area contributed by atoms with Crippen LogP contribution in [-0.2, 0) is 0 Å². The predicted molar refractivity (Wildman–Crippen MR) is 84.1 cm³/mol. The molecule has 2 aromatic carbocycles. The summed E-state index contributed by atoms with van der Waals surface area (Å²) >= 11 is 5.87. The lowest BCUT2D eigenvalue weighted by molar-refractivity contribution is 0.585. The lowest BCUT2D eigenvalue weighted by atomic mass is 10.1. The van der Waals surface area contributed by atoms with Gasteiger partial charge in [0, 0.05) is 5.02 Å². The van der Waals surface area contributed by atoms with Crippen LogP contribution in [0, 0.1) is 0 Å². The summed E-state index contributed by atoms with van der Waals surface area (Å²) in [6.07, 6.45) is 0. The number of H-pyrrole nitrogens is 1. The van der Waals surface area contributed by atoms with Crippen molar-refractivity contribution in [3.8, 4) is 0 Å². The Bertz CT molecular complexity index is 910. The van der Waals surface area contributed by atoms with E-state index in [-0.39, 0.29) is 11.6 Å². The van der Waals surface area contributed by atoms with Crippen molar-refractivity contribution in [2.45, 2.75) is 13.0 Å². The molecule has 0 spiro atoms. The average Bonchev–Trinajstić information content (AvgIpc) is 2.48. The zero-order valence-corrected chi connectivity index (χ0v) is 12.1. The summed E-state index contributed by atoms with van der Waals surface area (Å²) in [6.45, 7) is 1.81. The van der Waals surface area contributed by atoms with Crippen LogP contribution in [0.5, 0.6) is 0 Å². The molecule has 21 heavy (non-hydrogen) atoms. The fourth-order valence-corrected chi connectivity index (χ4v) is 2.54. The molecule has 0 fully saturated rings.